The van der Waals surface area contributed by atoms with E-state index in [9.17, 15) is 0 Å². The molecule has 146 valence electrons. The SMILES string of the molecule is CCCOc1ccc(CNC(=NC)NCc2ccccc2OC)cc1OC. The second kappa shape index (κ2) is 11.0. The van der Waals surface area contributed by atoms with Gasteiger partial charge >= 0.3 is 0 Å². The van der Waals surface area contributed by atoms with Gasteiger partial charge in [-0.2, -0.15) is 0 Å². The van der Waals surface area contributed by atoms with Crippen molar-refractivity contribution in [3.8, 4) is 17.2 Å². The Hall–Kier alpha value is -2.89. The first-order valence-electron chi connectivity index (χ1n) is 9.08. The van der Waals surface area contributed by atoms with Gasteiger partial charge in [0.2, 0.25) is 0 Å². The number of para-hydroxylation sites is 1. The Balaban J connectivity index is 1.93. The second-order valence-electron chi connectivity index (χ2n) is 5.92. The van der Waals surface area contributed by atoms with E-state index in [-0.39, 0.29) is 0 Å². The smallest absolute Gasteiger partial charge is 0.191 e. The van der Waals surface area contributed by atoms with E-state index in [0.717, 1.165) is 34.8 Å². The highest BCUT2D eigenvalue weighted by molar-refractivity contribution is 5.79. The van der Waals surface area contributed by atoms with E-state index in [1.165, 1.54) is 0 Å². The molecular weight excluding hydrogens is 342 g/mol. The first kappa shape index (κ1) is 20.4. The minimum Gasteiger partial charge on any atom is -0.496 e. The van der Waals surface area contributed by atoms with Crippen molar-refractivity contribution in [2.24, 2.45) is 4.99 Å². The molecule has 6 heteroatoms. The largest absolute Gasteiger partial charge is 0.496 e. The number of rotatable bonds is 9. The molecule has 0 bridgehead atoms. The van der Waals surface area contributed by atoms with Gasteiger partial charge in [0.05, 0.1) is 20.8 Å². The highest BCUT2D eigenvalue weighted by Crippen LogP contribution is 2.28. The number of aliphatic imine (C=N–C) groups is 1. The Labute approximate surface area is 161 Å². The fraction of sp³-hybridized carbons (Fsp3) is 0.381. The van der Waals surface area contributed by atoms with Crippen LogP contribution >= 0.6 is 0 Å². The zero-order valence-electron chi connectivity index (χ0n) is 16.5. The van der Waals surface area contributed by atoms with Gasteiger partial charge in [-0.3, -0.25) is 4.99 Å². The average Bonchev–Trinajstić information content (AvgIpc) is 2.72. The lowest BCUT2D eigenvalue weighted by atomic mass is 10.2. The zero-order valence-corrected chi connectivity index (χ0v) is 16.5. The third-order valence-corrected chi connectivity index (χ3v) is 4.01. The Morgan fingerprint density at radius 3 is 2.37 bits per heavy atom. The Morgan fingerprint density at radius 2 is 1.67 bits per heavy atom. The van der Waals surface area contributed by atoms with Crippen LogP contribution in [0, 0.1) is 0 Å². The molecule has 2 N–H and O–H groups in total. The summed E-state index contributed by atoms with van der Waals surface area (Å²) in [6, 6.07) is 13.9. The highest BCUT2D eigenvalue weighted by atomic mass is 16.5. The quantitative estimate of drug-likeness (QED) is 0.523. The summed E-state index contributed by atoms with van der Waals surface area (Å²) in [5.41, 5.74) is 2.15. The van der Waals surface area contributed by atoms with Crippen molar-refractivity contribution < 1.29 is 14.2 Å². The van der Waals surface area contributed by atoms with Gasteiger partial charge in [-0.1, -0.05) is 31.2 Å². The molecule has 0 atom stereocenters. The monoisotopic (exact) mass is 371 g/mol. The van der Waals surface area contributed by atoms with Crippen molar-refractivity contribution >= 4 is 5.96 Å². The first-order chi connectivity index (χ1) is 13.2. The molecule has 0 unspecified atom stereocenters. The molecule has 0 spiro atoms. The maximum absolute atomic E-state index is 5.69. The van der Waals surface area contributed by atoms with Gasteiger partial charge < -0.3 is 24.8 Å². The number of hydrogen-bond acceptors (Lipinski definition) is 4. The lowest BCUT2D eigenvalue weighted by Crippen LogP contribution is -2.36. The van der Waals surface area contributed by atoms with Gasteiger partial charge in [0, 0.05) is 25.7 Å². The summed E-state index contributed by atoms with van der Waals surface area (Å²) in [4.78, 5) is 4.27. The van der Waals surface area contributed by atoms with Crippen molar-refractivity contribution in [3.05, 3.63) is 53.6 Å². The van der Waals surface area contributed by atoms with Crippen LogP contribution in [0.1, 0.15) is 24.5 Å². The average molecular weight is 371 g/mol. The molecule has 0 amide bonds. The molecule has 6 nitrogen and oxygen atoms in total. The summed E-state index contributed by atoms with van der Waals surface area (Å²) in [5.74, 6) is 3.07. The first-order valence-corrected chi connectivity index (χ1v) is 9.08. The number of benzene rings is 2. The molecule has 0 saturated heterocycles. The third kappa shape index (κ3) is 6.09. The van der Waals surface area contributed by atoms with Crippen LogP contribution < -0.4 is 24.8 Å². The molecule has 0 saturated carbocycles. The zero-order chi connectivity index (χ0) is 19.5. The molecule has 0 aliphatic carbocycles. The van der Waals surface area contributed by atoms with E-state index in [4.69, 9.17) is 14.2 Å². The minimum atomic E-state index is 0.621. The van der Waals surface area contributed by atoms with Crippen molar-refractivity contribution in [1.29, 1.82) is 0 Å². The van der Waals surface area contributed by atoms with E-state index in [1.807, 2.05) is 42.5 Å². The molecular formula is C21H29N3O3. The van der Waals surface area contributed by atoms with Crippen LogP contribution in [-0.2, 0) is 13.1 Å². The van der Waals surface area contributed by atoms with E-state index in [2.05, 4.69) is 22.5 Å². The molecule has 0 aromatic heterocycles. The summed E-state index contributed by atoms with van der Waals surface area (Å²) < 4.78 is 16.5. The predicted molar refractivity (Wildman–Crippen MR) is 109 cm³/mol. The van der Waals surface area contributed by atoms with Gasteiger partial charge in [0.15, 0.2) is 17.5 Å². The number of guanidine groups is 1. The molecule has 0 radical (unpaired) electrons. The Morgan fingerprint density at radius 1 is 0.926 bits per heavy atom. The van der Waals surface area contributed by atoms with Crippen LogP contribution in [0.3, 0.4) is 0 Å². The number of nitrogens with zero attached hydrogens (tertiary/aromatic N) is 1. The van der Waals surface area contributed by atoms with E-state index < -0.39 is 0 Å². The van der Waals surface area contributed by atoms with Crippen LogP contribution in [0.5, 0.6) is 17.2 Å². The molecule has 0 fully saturated rings. The lowest BCUT2D eigenvalue weighted by Gasteiger charge is -2.15. The van der Waals surface area contributed by atoms with Gasteiger partial charge in [-0.25, -0.2) is 0 Å². The lowest BCUT2D eigenvalue weighted by molar-refractivity contribution is 0.294. The molecule has 2 rings (SSSR count). The Kier molecular flexibility index (Phi) is 8.29. The predicted octanol–water partition coefficient (Wildman–Crippen LogP) is 3.36. The highest BCUT2D eigenvalue weighted by Gasteiger charge is 2.07. The van der Waals surface area contributed by atoms with Crippen LogP contribution in [0.25, 0.3) is 0 Å². The summed E-state index contributed by atoms with van der Waals surface area (Å²) in [6.45, 7) is 3.99. The maximum Gasteiger partial charge on any atom is 0.191 e. The summed E-state index contributed by atoms with van der Waals surface area (Å²) in [5, 5.41) is 6.61. The molecule has 27 heavy (non-hydrogen) atoms. The standard InChI is InChI=1S/C21H29N3O3/c1-5-12-27-19-11-10-16(13-20(19)26-4)14-23-21(22-2)24-15-17-8-6-7-9-18(17)25-3/h6-11,13H,5,12,14-15H2,1-4H3,(H2,22,23,24). The third-order valence-electron chi connectivity index (χ3n) is 4.01. The fourth-order valence-corrected chi connectivity index (χ4v) is 2.59. The summed E-state index contributed by atoms with van der Waals surface area (Å²) >= 11 is 0. The van der Waals surface area contributed by atoms with E-state index >= 15 is 0 Å². The van der Waals surface area contributed by atoms with E-state index in [1.54, 1.807) is 21.3 Å². The summed E-state index contributed by atoms with van der Waals surface area (Å²) in [6.07, 6.45) is 0.959. The van der Waals surface area contributed by atoms with Crippen LogP contribution in [0.4, 0.5) is 0 Å². The van der Waals surface area contributed by atoms with Crippen molar-refractivity contribution in [2.45, 2.75) is 26.4 Å². The number of nitrogens with one attached hydrogen (secondary N) is 2. The van der Waals surface area contributed by atoms with E-state index in [0.29, 0.717) is 25.7 Å². The van der Waals surface area contributed by atoms with Crippen molar-refractivity contribution in [2.75, 3.05) is 27.9 Å². The number of hydrogen-bond donors (Lipinski definition) is 2. The van der Waals surface area contributed by atoms with Crippen molar-refractivity contribution in [3.63, 3.8) is 0 Å². The van der Waals surface area contributed by atoms with Crippen molar-refractivity contribution in [1.82, 2.24) is 10.6 Å². The Bertz CT molecular complexity index is 747. The molecule has 2 aromatic rings. The van der Waals surface area contributed by atoms with Gasteiger partial charge in [0.25, 0.3) is 0 Å². The second-order valence-corrected chi connectivity index (χ2v) is 5.92. The van der Waals surface area contributed by atoms with Crippen LogP contribution in [-0.4, -0.2) is 33.8 Å². The molecule has 0 aliphatic heterocycles. The number of methoxy groups -OCH3 is 2. The van der Waals surface area contributed by atoms with Crippen LogP contribution in [0.2, 0.25) is 0 Å². The van der Waals surface area contributed by atoms with Crippen LogP contribution in [0.15, 0.2) is 47.5 Å². The molecule has 0 heterocycles. The van der Waals surface area contributed by atoms with Gasteiger partial charge in [-0.15, -0.1) is 0 Å². The minimum absolute atomic E-state index is 0.621. The molecule has 2 aromatic carbocycles. The fourth-order valence-electron chi connectivity index (χ4n) is 2.59. The molecule has 0 aliphatic rings. The van der Waals surface area contributed by atoms with Gasteiger partial charge in [0.1, 0.15) is 5.75 Å². The number of ether oxygens (including phenoxy) is 3. The normalized spacial score (nSPS) is 11.0. The topological polar surface area (TPSA) is 64.1 Å². The maximum atomic E-state index is 5.69. The summed E-state index contributed by atoms with van der Waals surface area (Å²) in [7, 11) is 5.08. The van der Waals surface area contributed by atoms with Gasteiger partial charge in [-0.05, 0) is 30.2 Å².